The molecule has 8 heteroatoms. The second-order valence-corrected chi connectivity index (χ2v) is 6.93. The lowest BCUT2D eigenvalue weighted by atomic mass is 10.0. The van der Waals surface area contributed by atoms with E-state index in [4.69, 9.17) is 10.2 Å². The summed E-state index contributed by atoms with van der Waals surface area (Å²) in [6.45, 7) is 0. The number of unbranched alkanes of at least 4 members (excludes halogenated alkanes) is 5. The van der Waals surface area contributed by atoms with Crippen molar-refractivity contribution in [3.05, 3.63) is 42.5 Å². The third-order valence-corrected chi connectivity index (χ3v) is 4.56. The number of nitrogens with one attached hydrogen (secondary N) is 1. The van der Waals surface area contributed by atoms with Crippen molar-refractivity contribution in [2.75, 3.05) is 0 Å². The third kappa shape index (κ3) is 7.54. The molecule has 3 aromatic rings. The normalized spacial score (nSPS) is 10.4. The zero-order chi connectivity index (χ0) is 21.8. The second-order valence-electron chi connectivity index (χ2n) is 6.93. The minimum absolute atomic E-state index is 0.215. The smallest absolute Gasteiger partial charge is 0.303 e. The number of carboxylic acid groups (broad SMARTS) is 2. The van der Waals surface area contributed by atoms with E-state index < -0.39 is 11.9 Å². The van der Waals surface area contributed by atoms with Crippen LogP contribution in [0.4, 0.5) is 0 Å². The van der Waals surface area contributed by atoms with Gasteiger partial charge in [-0.3, -0.25) is 9.59 Å². The highest BCUT2D eigenvalue weighted by atomic mass is 16.4. The summed E-state index contributed by atoms with van der Waals surface area (Å²) < 4.78 is 0. The summed E-state index contributed by atoms with van der Waals surface area (Å²) >= 11 is 0. The molecule has 4 N–H and O–H groups in total. The van der Waals surface area contributed by atoms with Gasteiger partial charge in [-0.05, 0) is 30.5 Å². The van der Waals surface area contributed by atoms with E-state index in [2.05, 4.69) is 15.4 Å². The summed E-state index contributed by atoms with van der Waals surface area (Å²) in [7, 11) is 0. The van der Waals surface area contributed by atoms with Crippen LogP contribution < -0.4 is 0 Å². The number of carbonyl (C=O) groups is 2. The van der Waals surface area contributed by atoms with Crippen LogP contribution in [0.5, 0.6) is 5.75 Å². The Kier molecular flexibility index (Phi) is 9.30. The highest BCUT2D eigenvalue weighted by Crippen LogP contribution is 2.34. The van der Waals surface area contributed by atoms with Gasteiger partial charge in [0.1, 0.15) is 16.8 Å². The average molecular weight is 413 g/mol. The maximum Gasteiger partial charge on any atom is 0.303 e. The van der Waals surface area contributed by atoms with Crippen molar-refractivity contribution < 1.29 is 24.9 Å². The Morgan fingerprint density at radius 1 is 0.767 bits per heavy atom. The molecule has 8 nitrogen and oxygen atoms in total. The zero-order valence-electron chi connectivity index (χ0n) is 16.8. The van der Waals surface area contributed by atoms with E-state index in [0.29, 0.717) is 11.1 Å². The van der Waals surface area contributed by atoms with Crippen molar-refractivity contribution in [3.8, 4) is 16.9 Å². The predicted molar refractivity (Wildman–Crippen MR) is 113 cm³/mol. The molecule has 0 aliphatic carbocycles. The van der Waals surface area contributed by atoms with Gasteiger partial charge in [0.25, 0.3) is 0 Å². The Morgan fingerprint density at radius 2 is 1.33 bits per heavy atom. The lowest BCUT2D eigenvalue weighted by molar-refractivity contribution is -0.138. The lowest BCUT2D eigenvalue weighted by Gasteiger charge is -2.04. The van der Waals surface area contributed by atoms with Crippen molar-refractivity contribution in [2.24, 2.45) is 0 Å². The highest BCUT2D eigenvalue weighted by Gasteiger charge is 2.11. The molecule has 0 unspecified atom stereocenters. The fourth-order valence-corrected chi connectivity index (χ4v) is 3.05. The molecule has 160 valence electrons. The highest BCUT2D eigenvalue weighted by molar-refractivity contribution is 5.94. The van der Waals surface area contributed by atoms with Gasteiger partial charge in [-0.2, -0.15) is 15.4 Å². The van der Waals surface area contributed by atoms with E-state index >= 15 is 0 Å². The summed E-state index contributed by atoms with van der Waals surface area (Å²) in [5.74, 6) is -1.26. The molecule has 1 heterocycles. The van der Waals surface area contributed by atoms with Gasteiger partial charge in [0.05, 0.1) is 5.56 Å². The topological polar surface area (TPSA) is 136 Å². The summed E-state index contributed by atoms with van der Waals surface area (Å²) in [5.41, 5.74) is 3.08. The molecule has 1 aromatic heterocycles. The van der Waals surface area contributed by atoms with Crippen molar-refractivity contribution in [2.45, 2.75) is 51.4 Å². The van der Waals surface area contributed by atoms with Gasteiger partial charge in [-0.25, -0.2) is 0 Å². The van der Waals surface area contributed by atoms with Crippen LogP contribution in [0.25, 0.3) is 22.2 Å². The SMILES string of the molecule is O=C(O)CCCCCCCCC(=O)O.Oc1ccc2n[nH]nc2c1-c1ccccc1. The average Bonchev–Trinajstić information content (AvgIpc) is 3.19. The molecule has 3 rings (SSSR count). The molecular formula is C22H27N3O5. The van der Waals surface area contributed by atoms with Crippen LogP contribution in [0.1, 0.15) is 51.4 Å². The number of fused-ring (bicyclic) bond motifs is 1. The number of H-pyrrole nitrogens is 1. The zero-order valence-corrected chi connectivity index (χ0v) is 16.8. The number of phenolic OH excluding ortho intramolecular Hbond substituents is 1. The van der Waals surface area contributed by atoms with Gasteiger partial charge in [0.2, 0.25) is 0 Å². The molecule has 0 saturated heterocycles. The lowest BCUT2D eigenvalue weighted by Crippen LogP contribution is -1.94. The van der Waals surface area contributed by atoms with E-state index in [1.807, 2.05) is 30.3 Å². The molecule has 0 spiro atoms. The van der Waals surface area contributed by atoms with E-state index in [1.165, 1.54) is 0 Å². The molecule has 0 saturated carbocycles. The predicted octanol–water partition coefficient (Wildman–Crippen LogP) is 4.61. The van der Waals surface area contributed by atoms with Crippen molar-refractivity contribution in [1.82, 2.24) is 15.4 Å². The van der Waals surface area contributed by atoms with Crippen LogP contribution in [0.15, 0.2) is 42.5 Å². The van der Waals surface area contributed by atoms with Gasteiger partial charge in [0.15, 0.2) is 0 Å². The van der Waals surface area contributed by atoms with Gasteiger partial charge < -0.3 is 15.3 Å². The van der Waals surface area contributed by atoms with E-state index in [1.54, 1.807) is 12.1 Å². The first kappa shape index (κ1) is 22.9. The number of aromatic nitrogens is 3. The van der Waals surface area contributed by atoms with Crippen LogP contribution in [-0.2, 0) is 9.59 Å². The largest absolute Gasteiger partial charge is 0.507 e. The Hall–Kier alpha value is -3.42. The fraction of sp³-hybridized carbons (Fsp3) is 0.364. The molecule has 0 fully saturated rings. The number of benzene rings is 2. The van der Waals surface area contributed by atoms with Gasteiger partial charge in [-0.15, -0.1) is 0 Å². The van der Waals surface area contributed by atoms with Crippen molar-refractivity contribution in [1.29, 1.82) is 0 Å². The summed E-state index contributed by atoms with van der Waals surface area (Å²) in [4.78, 5) is 20.3. The Bertz CT molecular complexity index is 920. The van der Waals surface area contributed by atoms with Crippen LogP contribution in [0.3, 0.4) is 0 Å². The van der Waals surface area contributed by atoms with Crippen LogP contribution >= 0.6 is 0 Å². The number of carboxylic acids is 2. The quantitative estimate of drug-likeness (QED) is 0.356. The third-order valence-electron chi connectivity index (χ3n) is 4.56. The fourth-order valence-electron chi connectivity index (χ4n) is 3.05. The van der Waals surface area contributed by atoms with Crippen LogP contribution in [0, 0.1) is 0 Å². The number of aliphatic carboxylic acids is 2. The molecule has 0 aliphatic rings. The molecular weight excluding hydrogens is 386 g/mol. The number of hydrogen-bond donors (Lipinski definition) is 4. The van der Waals surface area contributed by atoms with Crippen molar-refractivity contribution in [3.63, 3.8) is 0 Å². The summed E-state index contributed by atoms with van der Waals surface area (Å²) in [6, 6.07) is 13.0. The Labute approximate surface area is 174 Å². The number of hydrogen-bond acceptors (Lipinski definition) is 5. The first-order valence-electron chi connectivity index (χ1n) is 10.0. The first-order valence-corrected chi connectivity index (χ1v) is 10.0. The number of rotatable bonds is 10. The van der Waals surface area contributed by atoms with E-state index in [9.17, 15) is 14.7 Å². The van der Waals surface area contributed by atoms with E-state index in [0.717, 1.165) is 49.6 Å². The second kappa shape index (κ2) is 12.2. The maximum absolute atomic E-state index is 10.1. The molecule has 30 heavy (non-hydrogen) atoms. The van der Waals surface area contributed by atoms with Gasteiger partial charge in [0, 0.05) is 12.8 Å². The minimum Gasteiger partial charge on any atom is -0.507 e. The summed E-state index contributed by atoms with van der Waals surface area (Å²) in [5, 5.41) is 37.2. The number of aromatic hydroxyl groups is 1. The van der Waals surface area contributed by atoms with Gasteiger partial charge in [-0.1, -0.05) is 56.0 Å². The minimum atomic E-state index is -0.740. The molecule has 0 radical (unpaired) electrons. The maximum atomic E-state index is 10.1. The molecule has 0 aliphatic heterocycles. The van der Waals surface area contributed by atoms with Crippen molar-refractivity contribution >= 4 is 23.0 Å². The molecule has 0 atom stereocenters. The number of aromatic amines is 1. The van der Waals surface area contributed by atoms with Gasteiger partial charge >= 0.3 is 11.9 Å². The monoisotopic (exact) mass is 413 g/mol. The first-order chi connectivity index (χ1) is 14.5. The molecule has 0 amide bonds. The van der Waals surface area contributed by atoms with Crippen LogP contribution in [0.2, 0.25) is 0 Å². The molecule has 0 bridgehead atoms. The summed E-state index contributed by atoms with van der Waals surface area (Å²) in [6.07, 6.45) is 5.82. The van der Waals surface area contributed by atoms with Crippen LogP contribution in [-0.4, -0.2) is 42.7 Å². The number of phenols is 1. The Morgan fingerprint density at radius 3 is 1.90 bits per heavy atom. The number of nitrogens with zero attached hydrogens (tertiary/aromatic N) is 2. The molecule has 2 aromatic carbocycles. The Balaban J connectivity index is 0.000000217. The standard InChI is InChI=1S/C12H9N3O.C10H18O4/c16-10-7-6-9-12(14-15-13-9)11(10)8-4-2-1-3-5-8;11-9(12)7-5-3-1-2-4-6-8-10(13)14/h1-7,16H,(H,13,14,15);1-8H2,(H,11,12)(H,13,14). The van der Waals surface area contributed by atoms with E-state index in [-0.39, 0.29) is 18.6 Å².